The fourth-order valence-corrected chi connectivity index (χ4v) is 5.10. The van der Waals surface area contributed by atoms with Crippen LogP contribution in [0.2, 0.25) is 0 Å². The van der Waals surface area contributed by atoms with E-state index in [1.54, 1.807) is 13.3 Å². The van der Waals surface area contributed by atoms with Crippen LogP contribution in [0.4, 0.5) is 0 Å². The molecule has 9 heteroatoms. The molecular formula is C28H31N7O2. The van der Waals surface area contributed by atoms with Gasteiger partial charge < -0.3 is 14.6 Å². The van der Waals surface area contributed by atoms with Crippen LogP contribution >= 0.6 is 0 Å². The maximum atomic E-state index is 12.5. The van der Waals surface area contributed by atoms with Gasteiger partial charge in [0.15, 0.2) is 0 Å². The minimum Gasteiger partial charge on any atom is -0.467 e. The van der Waals surface area contributed by atoms with E-state index in [1.807, 2.05) is 30.5 Å². The van der Waals surface area contributed by atoms with Crippen LogP contribution in [0.5, 0.6) is 6.01 Å². The van der Waals surface area contributed by atoms with Crippen LogP contribution in [-0.2, 0) is 17.8 Å². The SMILES string of the molecule is COc1nccc(-c2ccc3nc(Cc4cc(CN5CCN(C(=O)C6CCC6)CC5)ccn4)[nH]c3c2)n1. The first-order valence-corrected chi connectivity index (χ1v) is 13.0. The van der Waals surface area contributed by atoms with E-state index in [0.717, 1.165) is 79.4 Å². The predicted molar refractivity (Wildman–Crippen MR) is 140 cm³/mol. The molecule has 1 aliphatic heterocycles. The third-order valence-corrected chi connectivity index (χ3v) is 7.42. The third-order valence-electron chi connectivity index (χ3n) is 7.42. The molecule has 1 aromatic carbocycles. The number of carbonyl (C=O) groups excluding carboxylic acids is 1. The second-order valence-corrected chi connectivity index (χ2v) is 9.91. The lowest BCUT2D eigenvalue weighted by Crippen LogP contribution is -2.50. The van der Waals surface area contributed by atoms with Crippen LogP contribution in [0.25, 0.3) is 22.3 Å². The Bertz CT molecular complexity index is 1410. The number of piperazine rings is 1. The number of benzene rings is 1. The first kappa shape index (κ1) is 23.5. The van der Waals surface area contributed by atoms with Gasteiger partial charge >= 0.3 is 6.01 Å². The summed E-state index contributed by atoms with van der Waals surface area (Å²) in [6, 6.07) is 12.5. The van der Waals surface area contributed by atoms with Crippen LogP contribution in [0.15, 0.2) is 48.8 Å². The monoisotopic (exact) mass is 497 g/mol. The summed E-state index contributed by atoms with van der Waals surface area (Å²) in [7, 11) is 1.56. The van der Waals surface area contributed by atoms with Crippen LogP contribution in [0, 0.1) is 5.92 Å². The molecule has 0 bridgehead atoms. The van der Waals surface area contributed by atoms with Crippen molar-refractivity contribution in [3.63, 3.8) is 0 Å². The summed E-state index contributed by atoms with van der Waals surface area (Å²) in [4.78, 5) is 38.3. The van der Waals surface area contributed by atoms with E-state index in [2.05, 4.69) is 41.9 Å². The van der Waals surface area contributed by atoms with Gasteiger partial charge in [0.05, 0.1) is 23.8 Å². The van der Waals surface area contributed by atoms with Crippen LogP contribution < -0.4 is 4.74 Å². The average Bonchev–Trinajstić information content (AvgIpc) is 3.30. The largest absolute Gasteiger partial charge is 0.467 e. The van der Waals surface area contributed by atoms with E-state index in [4.69, 9.17) is 9.72 Å². The van der Waals surface area contributed by atoms with Gasteiger partial charge in [-0.3, -0.25) is 14.7 Å². The fourth-order valence-electron chi connectivity index (χ4n) is 5.10. The lowest BCUT2D eigenvalue weighted by Gasteiger charge is -2.38. The number of H-pyrrole nitrogens is 1. The zero-order valence-electron chi connectivity index (χ0n) is 21.1. The topological polar surface area (TPSA) is 100 Å². The third kappa shape index (κ3) is 5.17. The van der Waals surface area contributed by atoms with Crippen LogP contribution in [0.3, 0.4) is 0 Å². The maximum absolute atomic E-state index is 12.5. The van der Waals surface area contributed by atoms with Gasteiger partial charge in [0.25, 0.3) is 0 Å². The number of methoxy groups -OCH3 is 1. The van der Waals surface area contributed by atoms with E-state index in [-0.39, 0.29) is 5.92 Å². The maximum Gasteiger partial charge on any atom is 0.316 e. The first-order chi connectivity index (χ1) is 18.1. The summed E-state index contributed by atoms with van der Waals surface area (Å²) in [6.45, 7) is 4.36. The van der Waals surface area contributed by atoms with Gasteiger partial charge in [-0.05, 0) is 48.7 Å². The first-order valence-electron chi connectivity index (χ1n) is 13.0. The Morgan fingerprint density at radius 1 is 1.03 bits per heavy atom. The molecule has 37 heavy (non-hydrogen) atoms. The Hall–Kier alpha value is -3.85. The standard InChI is InChI=1S/C28H31N7O2/c1-37-28-30-10-8-23(33-28)21-5-6-24-25(16-21)32-26(31-24)17-22-15-19(7-9-29-22)18-34-11-13-35(14-12-34)27(36)20-3-2-4-20/h5-10,15-16,20H,2-4,11-14,17-18H2,1H3,(H,31,32). The number of nitrogens with zero attached hydrogens (tertiary/aromatic N) is 6. The Balaban J connectivity index is 1.10. The number of fused-ring (bicyclic) bond motifs is 1. The van der Waals surface area contributed by atoms with Gasteiger partial charge in [-0.25, -0.2) is 9.97 Å². The van der Waals surface area contributed by atoms with E-state index in [1.165, 1.54) is 12.0 Å². The van der Waals surface area contributed by atoms with Crippen LogP contribution in [0.1, 0.15) is 36.3 Å². The molecular weight excluding hydrogens is 466 g/mol. The van der Waals surface area contributed by atoms with Crippen molar-refractivity contribution in [2.75, 3.05) is 33.3 Å². The Labute approximate surface area is 215 Å². The predicted octanol–water partition coefficient (Wildman–Crippen LogP) is 3.46. The molecule has 6 rings (SSSR count). The van der Waals surface area contributed by atoms with Gasteiger partial charge in [-0.2, -0.15) is 4.98 Å². The number of ether oxygens (including phenoxy) is 1. The Morgan fingerprint density at radius 2 is 1.86 bits per heavy atom. The summed E-state index contributed by atoms with van der Waals surface area (Å²) in [5.41, 5.74) is 5.85. The number of nitrogens with one attached hydrogen (secondary N) is 1. The van der Waals surface area contributed by atoms with Gasteiger partial charge in [-0.15, -0.1) is 0 Å². The number of rotatable bonds is 7. The number of hydrogen-bond donors (Lipinski definition) is 1. The highest BCUT2D eigenvalue weighted by molar-refractivity contribution is 5.81. The minimum atomic E-state index is 0.287. The summed E-state index contributed by atoms with van der Waals surface area (Å²) < 4.78 is 5.15. The number of hydrogen-bond acceptors (Lipinski definition) is 7. The van der Waals surface area contributed by atoms with Crippen molar-refractivity contribution in [1.82, 2.24) is 34.7 Å². The number of aromatic amines is 1. The van der Waals surface area contributed by atoms with E-state index in [9.17, 15) is 4.79 Å². The molecule has 1 saturated heterocycles. The van der Waals surface area contributed by atoms with Gasteiger partial charge in [-0.1, -0.05) is 12.5 Å². The fraction of sp³-hybridized carbons (Fsp3) is 0.393. The quantitative estimate of drug-likeness (QED) is 0.417. The summed E-state index contributed by atoms with van der Waals surface area (Å²) in [6.07, 6.45) is 7.55. The number of imidazole rings is 1. The normalized spacial score (nSPS) is 16.6. The summed E-state index contributed by atoms with van der Waals surface area (Å²) in [5.74, 6) is 1.53. The molecule has 0 radical (unpaired) electrons. The molecule has 1 aliphatic carbocycles. The van der Waals surface area contributed by atoms with Crippen molar-refractivity contribution >= 4 is 16.9 Å². The highest BCUT2D eigenvalue weighted by Gasteiger charge is 2.31. The molecule has 0 spiro atoms. The van der Waals surface area contributed by atoms with E-state index < -0.39 is 0 Å². The van der Waals surface area contributed by atoms with Crippen molar-refractivity contribution in [2.45, 2.75) is 32.2 Å². The Kier molecular flexibility index (Phi) is 6.53. The molecule has 4 aromatic rings. The van der Waals surface area contributed by atoms with Gasteiger partial charge in [0.1, 0.15) is 5.82 Å². The molecule has 1 saturated carbocycles. The van der Waals surface area contributed by atoms with Crippen molar-refractivity contribution < 1.29 is 9.53 Å². The highest BCUT2D eigenvalue weighted by Crippen LogP contribution is 2.29. The molecule has 4 heterocycles. The average molecular weight is 498 g/mol. The number of pyridine rings is 1. The number of amides is 1. The number of carbonyl (C=O) groups is 1. The molecule has 0 unspecified atom stereocenters. The molecule has 3 aromatic heterocycles. The van der Waals surface area contributed by atoms with Crippen molar-refractivity contribution in [3.8, 4) is 17.3 Å². The van der Waals surface area contributed by atoms with Crippen LogP contribution in [-0.4, -0.2) is 73.9 Å². The minimum absolute atomic E-state index is 0.287. The Morgan fingerprint density at radius 3 is 2.65 bits per heavy atom. The van der Waals surface area contributed by atoms with Crippen molar-refractivity contribution in [2.24, 2.45) is 5.92 Å². The van der Waals surface area contributed by atoms with Gasteiger partial charge in [0.2, 0.25) is 5.91 Å². The molecule has 190 valence electrons. The molecule has 1 amide bonds. The highest BCUT2D eigenvalue weighted by atomic mass is 16.5. The van der Waals surface area contributed by atoms with Crippen molar-refractivity contribution in [1.29, 1.82) is 0 Å². The molecule has 2 fully saturated rings. The summed E-state index contributed by atoms with van der Waals surface area (Å²) in [5, 5.41) is 0. The second-order valence-electron chi connectivity index (χ2n) is 9.91. The zero-order valence-corrected chi connectivity index (χ0v) is 21.1. The smallest absolute Gasteiger partial charge is 0.316 e. The van der Waals surface area contributed by atoms with Crippen molar-refractivity contribution in [3.05, 3.63) is 65.9 Å². The summed E-state index contributed by atoms with van der Waals surface area (Å²) >= 11 is 0. The molecule has 1 N–H and O–H groups in total. The lowest BCUT2D eigenvalue weighted by molar-refractivity contribution is -0.140. The molecule has 9 nitrogen and oxygen atoms in total. The van der Waals surface area contributed by atoms with Gasteiger partial charge in [0, 0.05) is 68.7 Å². The van der Waals surface area contributed by atoms with E-state index in [0.29, 0.717) is 18.3 Å². The lowest BCUT2D eigenvalue weighted by atomic mass is 9.84. The molecule has 0 atom stereocenters. The zero-order chi connectivity index (χ0) is 25.2. The second kappa shape index (κ2) is 10.3. The van der Waals surface area contributed by atoms with E-state index >= 15 is 0 Å². The number of aromatic nitrogens is 5. The molecule has 2 aliphatic rings.